The number of nitrogens with two attached hydrogens (primary N) is 1. The van der Waals surface area contributed by atoms with Crippen molar-refractivity contribution in [2.45, 2.75) is 50.3 Å². The van der Waals surface area contributed by atoms with Crippen molar-refractivity contribution in [1.29, 1.82) is 0 Å². The minimum absolute atomic E-state index is 0.280. The maximum Gasteiger partial charge on any atom is 0.122 e. The number of hydrazine groups is 1. The van der Waals surface area contributed by atoms with Crippen molar-refractivity contribution in [3.63, 3.8) is 0 Å². The molecule has 0 bridgehead atoms. The Bertz CT molecular complexity index is 431. The molecule has 112 valence electrons. The molecule has 1 aliphatic heterocycles. The molecule has 0 saturated carbocycles. The van der Waals surface area contributed by atoms with Crippen LogP contribution in [0.25, 0.3) is 0 Å². The first-order valence-corrected chi connectivity index (χ1v) is 8.30. The highest BCUT2D eigenvalue weighted by Crippen LogP contribution is 2.37. The third-order valence-corrected chi connectivity index (χ3v) is 5.04. The first-order valence-electron chi connectivity index (χ1n) is 7.31. The Morgan fingerprint density at radius 3 is 2.85 bits per heavy atom. The van der Waals surface area contributed by atoms with Gasteiger partial charge < -0.3 is 4.74 Å². The second kappa shape index (κ2) is 6.83. The molecule has 4 heteroatoms. The number of hydrogen-bond donors (Lipinski definition) is 2. The van der Waals surface area contributed by atoms with E-state index in [1.54, 1.807) is 0 Å². The second-order valence-electron chi connectivity index (χ2n) is 6.39. The third-order valence-electron chi connectivity index (χ3n) is 3.60. The highest BCUT2D eigenvalue weighted by atomic mass is 32.2. The SMILES string of the molecule is CC(C)(C)SCC(CC1CCOc2ccccc21)NN. The maximum atomic E-state index is 5.74. The predicted octanol–water partition coefficient (Wildman–Crippen LogP) is 3.31. The van der Waals surface area contributed by atoms with Crippen molar-refractivity contribution in [3.8, 4) is 5.75 Å². The summed E-state index contributed by atoms with van der Waals surface area (Å²) in [5.41, 5.74) is 4.32. The minimum Gasteiger partial charge on any atom is -0.493 e. The molecule has 2 rings (SSSR count). The maximum absolute atomic E-state index is 5.74. The highest BCUT2D eigenvalue weighted by Gasteiger charge is 2.25. The molecule has 0 fully saturated rings. The molecule has 2 unspecified atom stereocenters. The van der Waals surface area contributed by atoms with Crippen LogP contribution in [0.3, 0.4) is 0 Å². The zero-order valence-corrected chi connectivity index (χ0v) is 13.5. The summed E-state index contributed by atoms with van der Waals surface area (Å²) in [5, 5.41) is 0. The first kappa shape index (κ1) is 15.7. The van der Waals surface area contributed by atoms with Crippen molar-refractivity contribution in [2.24, 2.45) is 5.84 Å². The standard InChI is InChI=1S/C16H26N2OS/c1-16(2,3)20-11-13(18-17)10-12-8-9-19-15-7-5-4-6-14(12)15/h4-7,12-13,18H,8-11,17H2,1-3H3. The number of rotatable bonds is 5. The van der Waals surface area contributed by atoms with E-state index in [1.165, 1.54) is 5.56 Å². The van der Waals surface area contributed by atoms with E-state index in [9.17, 15) is 0 Å². The Hall–Kier alpha value is -0.710. The Kier molecular flexibility index (Phi) is 5.35. The van der Waals surface area contributed by atoms with Gasteiger partial charge in [-0.15, -0.1) is 0 Å². The smallest absolute Gasteiger partial charge is 0.122 e. The van der Waals surface area contributed by atoms with Crippen molar-refractivity contribution in [2.75, 3.05) is 12.4 Å². The van der Waals surface area contributed by atoms with E-state index in [4.69, 9.17) is 10.6 Å². The molecule has 0 aromatic heterocycles. The zero-order chi connectivity index (χ0) is 14.6. The lowest BCUT2D eigenvalue weighted by Gasteiger charge is -2.30. The van der Waals surface area contributed by atoms with Crippen LogP contribution in [-0.2, 0) is 0 Å². The van der Waals surface area contributed by atoms with Gasteiger partial charge in [0, 0.05) is 16.5 Å². The molecular formula is C16H26N2OS. The van der Waals surface area contributed by atoms with Gasteiger partial charge in [-0.2, -0.15) is 11.8 Å². The van der Waals surface area contributed by atoms with Gasteiger partial charge in [0.25, 0.3) is 0 Å². The Morgan fingerprint density at radius 1 is 1.40 bits per heavy atom. The number of ether oxygens (including phenoxy) is 1. The summed E-state index contributed by atoms with van der Waals surface area (Å²) in [4.78, 5) is 0. The van der Waals surface area contributed by atoms with Gasteiger partial charge in [0.1, 0.15) is 5.75 Å². The molecule has 3 N–H and O–H groups in total. The van der Waals surface area contributed by atoms with Crippen LogP contribution in [0, 0.1) is 0 Å². The largest absolute Gasteiger partial charge is 0.493 e. The Balaban J connectivity index is 1.98. The molecule has 1 aromatic carbocycles. The summed E-state index contributed by atoms with van der Waals surface area (Å²) in [6, 6.07) is 8.72. The molecule has 0 aliphatic carbocycles. The average molecular weight is 294 g/mol. The molecule has 0 radical (unpaired) electrons. The predicted molar refractivity (Wildman–Crippen MR) is 87.2 cm³/mol. The summed E-state index contributed by atoms with van der Waals surface area (Å²) in [7, 11) is 0. The fourth-order valence-corrected chi connectivity index (χ4v) is 3.47. The molecule has 0 saturated heterocycles. The lowest BCUT2D eigenvalue weighted by molar-refractivity contribution is 0.257. The van der Waals surface area contributed by atoms with E-state index >= 15 is 0 Å². The van der Waals surface area contributed by atoms with Crippen molar-refractivity contribution in [1.82, 2.24) is 5.43 Å². The number of fused-ring (bicyclic) bond motifs is 1. The third kappa shape index (κ3) is 4.40. The van der Waals surface area contributed by atoms with Crippen LogP contribution in [-0.4, -0.2) is 23.1 Å². The van der Waals surface area contributed by atoms with Crippen molar-refractivity contribution >= 4 is 11.8 Å². The van der Waals surface area contributed by atoms with Crippen LogP contribution >= 0.6 is 11.8 Å². The average Bonchev–Trinajstić information content (AvgIpc) is 2.42. The molecule has 0 spiro atoms. The van der Waals surface area contributed by atoms with Gasteiger partial charge in [-0.1, -0.05) is 39.0 Å². The van der Waals surface area contributed by atoms with Gasteiger partial charge in [0.2, 0.25) is 0 Å². The normalized spacial score (nSPS) is 20.1. The molecule has 1 aromatic rings. The monoisotopic (exact) mass is 294 g/mol. The minimum atomic E-state index is 0.280. The van der Waals surface area contributed by atoms with E-state index in [0.717, 1.165) is 31.0 Å². The molecule has 3 nitrogen and oxygen atoms in total. The van der Waals surface area contributed by atoms with E-state index < -0.39 is 0 Å². The van der Waals surface area contributed by atoms with Crippen LogP contribution in [0.5, 0.6) is 5.75 Å². The number of benzene rings is 1. The Labute approximate surface area is 126 Å². The summed E-state index contributed by atoms with van der Waals surface area (Å²) in [6.45, 7) is 7.55. The van der Waals surface area contributed by atoms with Gasteiger partial charge in [-0.3, -0.25) is 11.3 Å². The van der Waals surface area contributed by atoms with Crippen LogP contribution in [0.1, 0.15) is 45.1 Å². The fourth-order valence-electron chi connectivity index (χ4n) is 2.54. The topological polar surface area (TPSA) is 47.3 Å². The molecule has 1 aliphatic rings. The van der Waals surface area contributed by atoms with Crippen LogP contribution in [0.15, 0.2) is 24.3 Å². The lowest BCUT2D eigenvalue weighted by atomic mass is 9.88. The highest BCUT2D eigenvalue weighted by molar-refractivity contribution is 8.00. The van der Waals surface area contributed by atoms with Crippen LogP contribution in [0.2, 0.25) is 0 Å². The summed E-state index contributed by atoms with van der Waals surface area (Å²) in [6.07, 6.45) is 2.15. The van der Waals surface area contributed by atoms with E-state index in [0.29, 0.717) is 12.0 Å². The summed E-state index contributed by atoms with van der Waals surface area (Å²) in [5.74, 6) is 8.37. The van der Waals surface area contributed by atoms with Gasteiger partial charge in [-0.05, 0) is 30.4 Å². The number of thioether (sulfide) groups is 1. The van der Waals surface area contributed by atoms with Crippen molar-refractivity contribution in [3.05, 3.63) is 29.8 Å². The van der Waals surface area contributed by atoms with E-state index in [2.05, 4.69) is 44.4 Å². The first-order chi connectivity index (χ1) is 9.49. The van der Waals surface area contributed by atoms with E-state index in [1.807, 2.05) is 17.8 Å². The van der Waals surface area contributed by atoms with Gasteiger partial charge in [0.15, 0.2) is 0 Å². The zero-order valence-electron chi connectivity index (χ0n) is 12.7. The van der Waals surface area contributed by atoms with Gasteiger partial charge in [0.05, 0.1) is 6.61 Å². The summed E-state index contributed by atoms with van der Waals surface area (Å²) < 4.78 is 6.01. The second-order valence-corrected chi connectivity index (χ2v) is 8.24. The molecule has 20 heavy (non-hydrogen) atoms. The van der Waals surface area contributed by atoms with Crippen LogP contribution < -0.4 is 16.0 Å². The quantitative estimate of drug-likeness (QED) is 0.646. The molecule has 1 heterocycles. The molecule has 2 atom stereocenters. The van der Waals surface area contributed by atoms with Gasteiger partial charge >= 0.3 is 0 Å². The van der Waals surface area contributed by atoms with Crippen molar-refractivity contribution < 1.29 is 4.74 Å². The molecule has 0 amide bonds. The summed E-state index contributed by atoms with van der Waals surface area (Å²) >= 11 is 1.96. The van der Waals surface area contributed by atoms with Gasteiger partial charge in [-0.25, -0.2) is 0 Å². The van der Waals surface area contributed by atoms with Crippen LogP contribution in [0.4, 0.5) is 0 Å². The number of para-hydroxylation sites is 1. The Morgan fingerprint density at radius 2 is 2.15 bits per heavy atom. The van der Waals surface area contributed by atoms with E-state index in [-0.39, 0.29) is 4.75 Å². The fraction of sp³-hybridized carbons (Fsp3) is 0.625. The molecular weight excluding hydrogens is 268 g/mol. The lowest BCUT2D eigenvalue weighted by Crippen LogP contribution is -2.39. The number of nitrogens with one attached hydrogen (secondary N) is 1. The number of hydrogen-bond acceptors (Lipinski definition) is 4.